The van der Waals surface area contributed by atoms with Crippen molar-refractivity contribution in [2.45, 2.75) is 63.9 Å². The zero-order valence-electron chi connectivity index (χ0n) is 11.4. The Labute approximate surface area is 108 Å². The first kappa shape index (κ1) is 13.6. The monoisotopic (exact) mass is 258 g/mol. The van der Waals surface area contributed by atoms with Crippen LogP contribution in [0.15, 0.2) is 0 Å². The lowest BCUT2D eigenvalue weighted by Gasteiger charge is -2.36. The maximum atomic E-state index is 14.0. The molecule has 0 radical (unpaired) electrons. The quantitative estimate of drug-likeness (QED) is 0.824. The first-order chi connectivity index (χ1) is 8.35. The summed E-state index contributed by atoms with van der Waals surface area (Å²) in [4.78, 5) is 13.3. The number of alkyl halides is 1. The lowest BCUT2D eigenvalue weighted by Crippen LogP contribution is -2.53. The molecule has 1 amide bonds. The average molecular weight is 258 g/mol. The van der Waals surface area contributed by atoms with Crippen molar-refractivity contribution in [2.75, 3.05) is 13.1 Å². The van der Waals surface area contributed by atoms with Gasteiger partial charge in [-0.15, -0.1) is 0 Å². The van der Waals surface area contributed by atoms with Gasteiger partial charge in [-0.3, -0.25) is 0 Å². The van der Waals surface area contributed by atoms with E-state index < -0.39 is 17.9 Å². The van der Waals surface area contributed by atoms with E-state index in [2.05, 4.69) is 5.32 Å². The summed E-state index contributed by atoms with van der Waals surface area (Å²) in [6.07, 6.45) is 1.57. The number of carbonyl (C=O) groups is 1. The predicted molar refractivity (Wildman–Crippen MR) is 67.3 cm³/mol. The van der Waals surface area contributed by atoms with Crippen LogP contribution in [0.4, 0.5) is 9.18 Å². The zero-order valence-corrected chi connectivity index (χ0v) is 11.4. The molecular weight excluding hydrogens is 235 g/mol. The van der Waals surface area contributed by atoms with Crippen LogP contribution in [0.25, 0.3) is 0 Å². The van der Waals surface area contributed by atoms with Gasteiger partial charge in [-0.05, 0) is 40.0 Å². The third-order valence-corrected chi connectivity index (χ3v) is 3.22. The highest BCUT2D eigenvalue weighted by atomic mass is 19.1. The van der Waals surface area contributed by atoms with Crippen LogP contribution >= 0.6 is 0 Å². The summed E-state index contributed by atoms with van der Waals surface area (Å²) in [6, 6.07) is 0.400. The number of halogens is 1. The average Bonchev–Trinajstić information content (AvgIpc) is 3.02. The fourth-order valence-electron chi connectivity index (χ4n) is 2.14. The number of hydrogen-bond acceptors (Lipinski definition) is 3. The molecule has 1 N–H and O–H groups in total. The molecule has 1 aliphatic heterocycles. The molecule has 5 heteroatoms. The highest BCUT2D eigenvalue weighted by Crippen LogP contribution is 2.24. The minimum atomic E-state index is -0.994. The molecule has 0 aromatic heterocycles. The van der Waals surface area contributed by atoms with Crippen LogP contribution in [0.3, 0.4) is 0 Å². The fourth-order valence-corrected chi connectivity index (χ4v) is 2.14. The number of carbonyl (C=O) groups excluding carboxylic acids is 1. The second-order valence-corrected chi connectivity index (χ2v) is 6.28. The number of piperidine rings is 1. The summed E-state index contributed by atoms with van der Waals surface area (Å²) in [5.41, 5.74) is -0.522. The van der Waals surface area contributed by atoms with Crippen molar-refractivity contribution in [1.29, 1.82) is 0 Å². The molecule has 2 aliphatic rings. The molecule has 1 saturated carbocycles. The molecule has 1 heterocycles. The molecule has 2 rings (SSSR count). The molecule has 2 fully saturated rings. The van der Waals surface area contributed by atoms with Gasteiger partial charge in [-0.2, -0.15) is 0 Å². The Morgan fingerprint density at radius 1 is 1.33 bits per heavy atom. The summed E-state index contributed by atoms with van der Waals surface area (Å²) < 4.78 is 19.2. The van der Waals surface area contributed by atoms with E-state index in [1.807, 2.05) is 20.8 Å². The standard InChI is InChI=1S/C13H23FN2O2/c1-13(2,3)18-12(17)16-7-6-11(10(14)8-16)15-9-4-5-9/h9-11,15H,4-8H2,1-3H3/t10-,11+/m0/s1. The van der Waals surface area contributed by atoms with E-state index >= 15 is 0 Å². The van der Waals surface area contributed by atoms with Crippen LogP contribution < -0.4 is 5.32 Å². The maximum absolute atomic E-state index is 14.0. The SMILES string of the molecule is CC(C)(C)OC(=O)N1CC[C@@H](NC2CC2)[C@@H](F)C1. The summed E-state index contributed by atoms with van der Waals surface area (Å²) in [6.45, 7) is 6.16. The van der Waals surface area contributed by atoms with E-state index in [0.717, 1.165) is 12.8 Å². The van der Waals surface area contributed by atoms with Crippen molar-refractivity contribution in [3.8, 4) is 0 Å². The van der Waals surface area contributed by atoms with Gasteiger partial charge in [0.05, 0.1) is 6.54 Å². The van der Waals surface area contributed by atoms with Gasteiger partial charge >= 0.3 is 6.09 Å². The first-order valence-corrected chi connectivity index (χ1v) is 6.73. The highest BCUT2D eigenvalue weighted by molar-refractivity contribution is 5.68. The largest absolute Gasteiger partial charge is 0.444 e. The van der Waals surface area contributed by atoms with Crippen molar-refractivity contribution >= 4 is 6.09 Å². The minimum Gasteiger partial charge on any atom is -0.444 e. The van der Waals surface area contributed by atoms with Gasteiger partial charge in [-0.25, -0.2) is 9.18 Å². The third kappa shape index (κ3) is 3.83. The van der Waals surface area contributed by atoms with Gasteiger partial charge in [0.25, 0.3) is 0 Å². The number of amides is 1. The van der Waals surface area contributed by atoms with Crippen LogP contribution in [-0.2, 0) is 4.74 Å². The first-order valence-electron chi connectivity index (χ1n) is 6.73. The summed E-state index contributed by atoms with van der Waals surface area (Å²) in [7, 11) is 0. The molecular formula is C13H23FN2O2. The van der Waals surface area contributed by atoms with Crippen molar-refractivity contribution in [1.82, 2.24) is 10.2 Å². The minimum absolute atomic E-state index is 0.101. The van der Waals surface area contributed by atoms with Crippen molar-refractivity contribution in [2.24, 2.45) is 0 Å². The number of rotatable bonds is 2. The molecule has 0 unspecified atom stereocenters. The Morgan fingerprint density at radius 2 is 2.00 bits per heavy atom. The van der Waals surface area contributed by atoms with Gasteiger partial charge < -0.3 is 15.0 Å². The second kappa shape index (κ2) is 5.03. The van der Waals surface area contributed by atoms with Crippen LogP contribution in [0.2, 0.25) is 0 Å². The fraction of sp³-hybridized carbons (Fsp3) is 0.923. The van der Waals surface area contributed by atoms with E-state index in [9.17, 15) is 9.18 Å². The Morgan fingerprint density at radius 3 is 2.50 bits per heavy atom. The molecule has 0 bridgehead atoms. The Hall–Kier alpha value is -0.840. The van der Waals surface area contributed by atoms with E-state index in [1.165, 1.54) is 4.90 Å². The van der Waals surface area contributed by atoms with Crippen LogP contribution in [-0.4, -0.2) is 47.9 Å². The number of nitrogens with zero attached hydrogens (tertiary/aromatic N) is 1. The summed E-state index contributed by atoms with van der Waals surface area (Å²) >= 11 is 0. The molecule has 0 aromatic rings. The van der Waals surface area contributed by atoms with Gasteiger partial charge in [0.2, 0.25) is 0 Å². The number of nitrogens with one attached hydrogen (secondary N) is 1. The topological polar surface area (TPSA) is 41.6 Å². The molecule has 1 saturated heterocycles. The van der Waals surface area contributed by atoms with E-state index in [-0.39, 0.29) is 12.6 Å². The summed E-state index contributed by atoms with van der Waals surface area (Å²) in [5.74, 6) is 0. The van der Waals surface area contributed by atoms with Crippen LogP contribution in [0.5, 0.6) is 0 Å². The zero-order chi connectivity index (χ0) is 13.3. The van der Waals surface area contributed by atoms with Crippen molar-refractivity contribution < 1.29 is 13.9 Å². The molecule has 1 aliphatic carbocycles. The van der Waals surface area contributed by atoms with Gasteiger partial charge in [0.1, 0.15) is 11.8 Å². The lowest BCUT2D eigenvalue weighted by molar-refractivity contribution is 0.00936. The van der Waals surface area contributed by atoms with Gasteiger partial charge in [-0.1, -0.05) is 0 Å². The maximum Gasteiger partial charge on any atom is 0.410 e. The van der Waals surface area contributed by atoms with Gasteiger partial charge in [0, 0.05) is 18.6 Å². The smallest absolute Gasteiger partial charge is 0.410 e. The van der Waals surface area contributed by atoms with E-state index in [1.54, 1.807) is 0 Å². The third-order valence-electron chi connectivity index (χ3n) is 3.22. The lowest BCUT2D eigenvalue weighted by atomic mass is 10.0. The Bertz CT molecular complexity index is 313. The van der Waals surface area contributed by atoms with Crippen molar-refractivity contribution in [3.05, 3.63) is 0 Å². The van der Waals surface area contributed by atoms with Crippen molar-refractivity contribution in [3.63, 3.8) is 0 Å². The normalized spacial score (nSPS) is 29.2. The predicted octanol–water partition coefficient (Wildman–Crippen LogP) is 2.09. The van der Waals surface area contributed by atoms with E-state index in [0.29, 0.717) is 19.0 Å². The molecule has 0 aromatic carbocycles. The Balaban J connectivity index is 1.81. The number of likely N-dealkylation sites (tertiary alicyclic amines) is 1. The second-order valence-electron chi connectivity index (χ2n) is 6.28. The number of ether oxygens (including phenoxy) is 1. The molecule has 2 atom stereocenters. The molecule has 18 heavy (non-hydrogen) atoms. The van der Waals surface area contributed by atoms with Crippen LogP contribution in [0.1, 0.15) is 40.0 Å². The summed E-state index contributed by atoms with van der Waals surface area (Å²) in [5, 5.41) is 3.30. The Kier molecular flexibility index (Phi) is 3.80. The van der Waals surface area contributed by atoms with E-state index in [4.69, 9.17) is 4.74 Å². The number of hydrogen-bond donors (Lipinski definition) is 1. The molecule has 4 nitrogen and oxygen atoms in total. The van der Waals surface area contributed by atoms with Gasteiger partial charge in [0.15, 0.2) is 0 Å². The van der Waals surface area contributed by atoms with Crippen LogP contribution in [0, 0.1) is 0 Å². The molecule has 0 spiro atoms. The highest BCUT2D eigenvalue weighted by Gasteiger charge is 2.36. The molecule has 104 valence electrons.